The predicted molar refractivity (Wildman–Crippen MR) is 181 cm³/mol. The molecule has 0 unspecified atom stereocenters. The van der Waals surface area contributed by atoms with Crippen LogP contribution in [0.1, 0.15) is 0 Å². The first kappa shape index (κ1) is 23.5. The van der Waals surface area contributed by atoms with Crippen LogP contribution in [0.15, 0.2) is 140 Å². The van der Waals surface area contributed by atoms with Gasteiger partial charge < -0.3 is 0 Å². The van der Waals surface area contributed by atoms with E-state index in [0.717, 1.165) is 50.3 Å². The molecule has 0 saturated carbocycles. The van der Waals surface area contributed by atoms with Crippen LogP contribution in [0.25, 0.3) is 88.1 Å². The highest BCUT2D eigenvalue weighted by atomic mass is 15.2. The molecule has 0 atom stereocenters. The number of fused-ring (bicyclic) bond motifs is 12. The maximum Gasteiger partial charge on any atom is 0.221 e. The number of para-hydroxylation sites is 4. The minimum atomic E-state index is 0.746. The van der Waals surface area contributed by atoms with Crippen LogP contribution in [0.2, 0.25) is 0 Å². The number of rotatable bonds is 2. The third-order valence-electron chi connectivity index (χ3n) is 8.94. The van der Waals surface area contributed by atoms with Gasteiger partial charge in [-0.25, -0.2) is 9.97 Å². The molecule has 0 amide bonds. The molecule has 3 heterocycles. The minimum absolute atomic E-state index is 0.746. The fourth-order valence-electron chi connectivity index (χ4n) is 6.95. The Labute approximate surface area is 251 Å². The Morgan fingerprint density at radius 2 is 1.00 bits per heavy atom. The number of hydrogen-bond acceptors (Lipinski definition) is 3. The molecule has 0 bridgehead atoms. The molecule has 44 heavy (non-hydrogen) atoms. The number of imidazole rings is 2. The Kier molecular flexibility index (Phi) is 4.66. The number of nitrogens with zero attached hydrogens (tertiary/aromatic N) is 5. The fourth-order valence-corrected chi connectivity index (χ4v) is 6.95. The van der Waals surface area contributed by atoms with Gasteiger partial charge in [-0.3, -0.25) is 14.0 Å². The van der Waals surface area contributed by atoms with E-state index >= 15 is 0 Å². The molecule has 0 aliphatic carbocycles. The lowest BCUT2D eigenvalue weighted by molar-refractivity contribution is 1.04. The monoisotopic (exact) mass is 561 g/mol. The van der Waals surface area contributed by atoms with Crippen molar-refractivity contribution in [2.75, 3.05) is 0 Å². The van der Waals surface area contributed by atoms with Crippen LogP contribution in [0.4, 0.5) is 0 Å². The van der Waals surface area contributed by atoms with Gasteiger partial charge in [0.15, 0.2) is 5.82 Å². The first-order chi connectivity index (χ1) is 21.8. The molecule has 10 aromatic rings. The van der Waals surface area contributed by atoms with Crippen molar-refractivity contribution in [2.24, 2.45) is 0 Å². The second-order valence-electron chi connectivity index (χ2n) is 11.3. The Balaban J connectivity index is 1.26. The Morgan fingerprint density at radius 1 is 0.409 bits per heavy atom. The third kappa shape index (κ3) is 3.21. The SMILES string of the molecule is c1ccc2nc(-n3c4ccc(-c5ccc6c7ccccc7c7ccccc7c6c5)cc4n4c5ccccc5nc34)cnc2c1. The lowest BCUT2D eigenvalue weighted by Gasteiger charge is -2.12. The highest BCUT2D eigenvalue weighted by molar-refractivity contribution is 6.25. The van der Waals surface area contributed by atoms with Crippen LogP contribution >= 0.6 is 0 Å². The second kappa shape index (κ2) is 8.72. The lowest BCUT2D eigenvalue weighted by atomic mass is 9.92. The first-order valence-corrected chi connectivity index (χ1v) is 14.8. The summed E-state index contributed by atoms with van der Waals surface area (Å²) in [4.78, 5) is 14.8. The standard InChI is InChI=1S/C39H23N5/c1-2-11-28-26(9-1)27-10-3-4-12-29(27)31-21-24(17-19-30(28)31)25-18-20-36-37(22-25)43-35-16-8-7-15-34(35)42-39(43)44(36)38-23-40-32-13-5-6-14-33(32)41-38/h1-23H. The van der Waals surface area contributed by atoms with Gasteiger partial charge in [-0.05, 0) is 85.9 Å². The Hall–Kier alpha value is -6.07. The van der Waals surface area contributed by atoms with Crippen LogP contribution in [0.3, 0.4) is 0 Å². The molecule has 5 heteroatoms. The van der Waals surface area contributed by atoms with Crippen LogP contribution in [-0.4, -0.2) is 23.9 Å². The zero-order valence-electron chi connectivity index (χ0n) is 23.5. The van der Waals surface area contributed by atoms with E-state index in [4.69, 9.17) is 15.0 Å². The van der Waals surface area contributed by atoms with Gasteiger partial charge in [0, 0.05) is 0 Å². The zero-order valence-corrected chi connectivity index (χ0v) is 23.5. The van der Waals surface area contributed by atoms with Crippen LogP contribution in [0, 0.1) is 0 Å². The Morgan fingerprint density at radius 3 is 1.77 bits per heavy atom. The molecule has 10 rings (SSSR count). The van der Waals surface area contributed by atoms with Crippen molar-refractivity contribution in [3.05, 3.63) is 140 Å². The van der Waals surface area contributed by atoms with E-state index in [9.17, 15) is 0 Å². The highest BCUT2D eigenvalue weighted by Gasteiger charge is 2.19. The van der Waals surface area contributed by atoms with E-state index in [1.807, 2.05) is 36.5 Å². The summed E-state index contributed by atoms with van der Waals surface area (Å²) in [6, 6.07) is 47.3. The summed E-state index contributed by atoms with van der Waals surface area (Å²) >= 11 is 0. The van der Waals surface area contributed by atoms with Gasteiger partial charge in [0.05, 0.1) is 39.3 Å². The highest BCUT2D eigenvalue weighted by Crippen LogP contribution is 2.38. The van der Waals surface area contributed by atoms with E-state index in [-0.39, 0.29) is 0 Å². The molecule has 3 aromatic heterocycles. The molecule has 0 fully saturated rings. The molecule has 0 radical (unpaired) electrons. The summed E-state index contributed by atoms with van der Waals surface area (Å²) in [5.74, 6) is 1.56. The van der Waals surface area contributed by atoms with Gasteiger partial charge in [-0.1, -0.05) is 91.0 Å². The average molecular weight is 562 g/mol. The maximum absolute atomic E-state index is 5.07. The van der Waals surface area contributed by atoms with Crippen molar-refractivity contribution in [2.45, 2.75) is 0 Å². The summed E-state index contributed by atoms with van der Waals surface area (Å²) in [5, 5.41) is 7.66. The zero-order chi connectivity index (χ0) is 28.8. The van der Waals surface area contributed by atoms with E-state index in [1.54, 1.807) is 0 Å². The third-order valence-corrected chi connectivity index (χ3v) is 8.94. The number of hydrogen-bond donors (Lipinski definition) is 0. The van der Waals surface area contributed by atoms with Crippen molar-refractivity contribution < 1.29 is 0 Å². The van der Waals surface area contributed by atoms with Crippen LogP contribution in [0.5, 0.6) is 0 Å². The van der Waals surface area contributed by atoms with Gasteiger partial charge in [0.2, 0.25) is 5.78 Å². The predicted octanol–water partition coefficient (Wildman–Crippen LogP) is 9.50. The molecule has 0 spiro atoms. The van der Waals surface area contributed by atoms with Crippen LogP contribution < -0.4 is 0 Å². The second-order valence-corrected chi connectivity index (χ2v) is 11.3. The van der Waals surface area contributed by atoms with Crippen molar-refractivity contribution >= 4 is 71.2 Å². The van der Waals surface area contributed by atoms with E-state index in [0.29, 0.717) is 0 Å². The number of aromatic nitrogens is 5. The van der Waals surface area contributed by atoms with Gasteiger partial charge >= 0.3 is 0 Å². The fraction of sp³-hybridized carbons (Fsp3) is 0. The normalized spacial score (nSPS) is 12.1. The average Bonchev–Trinajstić information content (AvgIpc) is 3.62. The molecule has 0 N–H and O–H groups in total. The summed E-state index contributed by atoms with van der Waals surface area (Å²) < 4.78 is 4.37. The topological polar surface area (TPSA) is 48.0 Å². The summed E-state index contributed by atoms with van der Waals surface area (Å²) in [6.07, 6.45) is 1.84. The summed E-state index contributed by atoms with van der Waals surface area (Å²) in [6.45, 7) is 0. The molecule has 204 valence electrons. The molecule has 0 aliphatic rings. The smallest absolute Gasteiger partial charge is 0.221 e. The maximum atomic E-state index is 5.07. The molecule has 5 nitrogen and oxygen atoms in total. The van der Waals surface area contributed by atoms with E-state index < -0.39 is 0 Å². The van der Waals surface area contributed by atoms with Crippen molar-refractivity contribution in [1.29, 1.82) is 0 Å². The van der Waals surface area contributed by atoms with E-state index in [1.165, 1.54) is 37.9 Å². The molecule has 0 aliphatic heterocycles. The summed E-state index contributed by atoms with van der Waals surface area (Å²) in [5.41, 5.74) is 8.17. The van der Waals surface area contributed by atoms with Crippen LogP contribution in [-0.2, 0) is 0 Å². The molecule has 7 aromatic carbocycles. The summed E-state index contributed by atoms with van der Waals surface area (Å²) in [7, 11) is 0. The molecular formula is C39H23N5. The van der Waals surface area contributed by atoms with Crippen molar-refractivity contribution in [3.63, 3.8) is 0 Å². The Bertz CT molecular complexity index is 2750. The van der Waals surface area contributed by atoms with Gasteiger partial charge in [0.25, 0.3) is 0 Å². The van der Waals surface area contributed by atoms with Crippen molar-refractivity contribution in [3.8, 4) is 16.9 Å². The first-order valence-electron chi connectivity index (χ1n) is 14.8. The van der Waals surface area contributed by atoms with Gasteiger partial charge in [-0.15, -0.1) is 0 Å². The van der Waals surface area contributed by atoms with Crippen molar-refractivity contribution in [1.82, 2.24) is 23.9 Å². The molecule has 0 saturated heterocycles. The largest absolute Gasteiger partial charge is 0.276 e. The quantitative estimate of drug-likeness (QED) is 0.198. The van der Waals surface area contributed by atoms with E-state index in [2.05, 4.69) is 112 Å². The molecular weight excluding hydrogens is 538 g/mol. The number of benzene rings is 7. The minimum Gasteiger partial charge on any atom is -0.276 e. The van der Waals surface area contributed by atoms with Gasteiger partial charge in [-0.2, -0.15) is 0 Å². The lowest BCUT2D eigenvalue weighted by Crippen LogP contribution is -2.00. The van der Waals surface area contributed by atoms with Gasteiger partial charge in [0.1, 0.15) is 0 Å².